The van der Waals surface area contributed by atoms with Gasteiger partial charge in [-0.1, -0.05) is 0 Å². The molecule has 2 rings (SSSR count). The maximum Gasteiger partial charge on any atom is 0.125 e. The summed E-state index contributed by atoms with van der Waals surface area (Å²) in [6.07, 6.45) is 4.18. The van der Waals surface area contributed by atoms with E-state index in [1.165, 1.54) is 12.8 Å². The summed E-state index contributed by atoms with van der Waals surface area (Å²) < 4.78 is 0. The van der Waals surface area contributed by atoms with Crippen LogP contribution in [0.5, 0.6) is 0 Å². The van der Waals surface area contributed by atoms with Gasteiger partial charge in [0.2, 0.25) is 0 Å². The molecule has 0 atom stereocenters. The molecule has 1 heterocycles. The molecule has 12 heavy (non-hydrogen) atoms. The summed E-state index contributed by atoms with van der Waals surface area (Å²) in [5.41, 5.74) is 7.51. The van der Waals surface area contributed by atoms with Crippen LogP contribution in [-0.4, -0.2) is 9.97 Å². The number of hydrogen-bond acceptors (Lipinski definition) is 3. The number of nitrogen functional groups attached to an aromatic ring is 1. The Kier molecular flexibility index (Phi) is 2.52. The molecule has 4 heteroatoms. The highest BCUT2D eigenvalue weighted by Gasteiger charge is 2.27. The summed E-state index contributed by atoms with van der Waals surface area (Å²) in [5.74, 6) is 1.44. The highest BCUT2D eigenvalue weighted by Crippen LogP contribution is 2.41. The zero-order valence-electron chi connectivity index (χ0n) is 6.95. The first kappa shape index (κ1) is 9.26. The van der Waals surface area contributed by atoms with E-state index in [4.69, 9.17) is 5.73 Å². The Morgan fingerprint density at radius 3 is 2.75 bits per heavy atom. The molecule has 0 amide bonds. The third-order valence-electron chi connectivity index (χ3n) is 1.93. The van der Waals surface area contributed by atoms with Crippen LogP contribution in [0.2, 0.25) is 0 Å². The first-order valence-corrected chi connectivity index (χ1v) is 3.86. The topological polar surface area (TPSA) is 51.8 Å². The average molecular weight is 186 g/mol. The maximum absolute atomic E-state index is 5.71. The van der Waals surface area contributed by atoms with Crippen LogP contribution in [0, 0.1) is 6.92 Å². The van der Waals surface area contributed by atoms with Gasteiger partial charge in [-0.2, -0.15) is 0 Å². The van der Waals surface area contributed by atoms with Crippen LogP contribution in [0.25, 0.3) is 0 Å². The minimum absolute atomic E-state index is 0. The highest BCUT2D eigenvalue weighted by molar-refractivity contribution is 5.85. The summed E-state index contributed by atoms with van der Waals surface area (Å²) in [4.78, 5) is 8.31. The van der Waals surface area contributed by atoms with E-state index in [1.54, 1.807) is 6.20 Å². The number of hydrogen-bond donors (Lipinski definition) is 1. The van der Waals surface area contributed by atoms with Gasteiger partial charge in [0.05, 0.1) is 17.6 Å². The van der Waals surface area contributed by atoms with Crippen molar-refractivity contribution in [2.45, 2.75) is 25.7 Å². The average Bonchev–Trinajstić information content (AvgIpc) is 2.76. The largest absolute Gasteiger partial charge is 0.396 e. The Labute approximate surface area is 77.8 Å². The normalized spacial score (nSPS) is 15.4. The maximum atomic E-state index is 5.71. The van der Waals surface area contributed by atoms with Crippen LogP contribution in [0.1, 0.15) is 30.3 Å². The van der Waals surface area contributed by atoms with Gasteiger partial charge < -0.3 is 5.73 Å². The second-order valence-electron chi connectivity index (χ2n) is 3.03. The molecule has 66 valence electrons. The standard InChI is InChI=1S/C8H11N3.ClH/c1-5-10-4-7(9)8(11-5)6-2-3-6;/h4,6H,2-3,9H2,1H3;1H. The number of nitrogens with zero attached hydrogens (tertiary/aromatic N) is 2. The van der Waals surface area contributed by atoms with Gasteiger partial charge in [0.1, 0.15) is 5.82 Å². The van der Waals surface area contributed by atoms with Crippen molar-refractivity contribution < 1.29 is 0 Å². The summed E-state index contributed by atoms with van der Waals surface area (Å²) in [6.45, 7) is 1.89. The Bertz CT molecular complexity index is 284. The minimum Gasteiger partial charge on any atom is -0.396 e. The molecule has 3 nitrogen and oxygen atoms in total. The first-order valence-electron chi connectivity index (χ1n) is 3.86. The molecule has 0 radical (unpaired) electrons. The zero-order chi connectivity index (χ0) is 7.84. The molecule has 1 aliphatic carbocycles. The number of anilines is 1. The number of halogens is 1. The number of nitrogens with two attached hydrogens (primary N) is 1. The quantitative estimate of drug-likeness (QED) is 0.724. The summed E-state index contributed by atoms with van der Waals surface area (Å²) in [6, 6.07) is 0. The predicted molar refractivity (Wildman–Crippen MR) is 50.4 cm³/mol. The van der Waals surface area contributed by atoms with E-state index in [1.807, 2.05) is 6.92 Å². The lowest BCUT2D eigenvalue weighted by Crippen LogP contribution is -1.99. The van der Waals surface area contributed by atoms with E-state index < -0.39 is 0 Å². The Hall–Kier alpha value is -0.830. The molecule has 0 bridgehead atoms. The van der Waals surface area contributed by atoms with E-state index in [9.17, 15) is 0 Å². The van der Waals surface area contributed by atoms with Crippen molar-refractivity contribution >= 4 is 18.1 Å². The monoisotopic (exact) mass is 185 g/mol. The molecule has 1 aromatic heterocycles. The summed E-state index contributed by atoms with van der Waals surface area (Å²) >= 11 is 0. The zero-order valence-corrected chi connectivity index (χ0v) is 7.77. The Morgan fingerprint density at radius 2 is 2.17 bits per heavy atom. The summed E-state index contributed by atoms with van der Waals surface area (Å²) in [7, 11) is 0. The van der Waals surface area contributed by atoms with Gasteiger partial charge in [-0.15, -0.1) is 12.4 Å². The lowest BCUT2D eigenvalue weighted by molar-refractivity contribution is 0.947. The fraction of sp³-hybridized carbons (Fsp3) is 0.500. The molecule has 1 aromatic rings. The van der Waals surface area contributed by atoms with Gasteiger partial charge in [-0.25, -0.2) is 9.97 Å². The molecule has 0 aliphatic heterocycles. The lowest BCUT2D eigenvalue weighted by atomic mass is 10.2. The van der Waals surface area contributed by atoms with Crippen molar-refractivity contribution in [3.05, 3.63) is 17.7 Å². The molecule has 1 saturated carbocycles. The van der Waals surface area contributed by atoms with Crippen molar-refractivity contribution in [1.82, 2.24) is 9.97 Å². The van der Waals surface area contributed by atoms with Crippen LogP contribution < -0.4 is 5.73 Å². The van der Waals surface area contributed by atoms with Crippen LogP contribution in [-0.2, 0) is 0 Å². The summed E-state index contributed by atoms with van der Waals surface area (Å²) in [5, 5.41) is 0. The Morgan fingerprint density at radius 1 is 1.50 bits per heavy atom. The van der Waals surface area contributed by atoms with Gasteiger partial charge in [0.25, 0.3) is 0 Å². The molecule has 0 unspecified atom stereocenters. The number of aromatic nitrogens is 2. The van der Waals surface area contributed by atoms with Crippen LogP contribution in [0.4, 0.5) is 5.69 Å². The SMILES string of the molecule is Cc1ncc(N)c(C2CC2)n1.Cl. The van der Waals surface area contributed by atoms with Crippen molar-refractivity contribution in [3.63, 3.8) is 0 Å². The minimum atomic E-state index is 0. The lowest BCUT2D eigenvalue weighted by Gasteiger charge is -2.01. The van der Waals surface area contributed by atoms with E-state index in [0.29, 0.717) is 5.92 Å². The predicted octanol–water partition coefficient (Wildman–Crippen LogP) is 1.67. The van der Waals surface area contributed by atoms with Gasteiger partial charge >= 0.3 is 0 Å². The fourth-order valence-corrected chi connectivity index (χ4v) is 1.18. The van der Waals surface area contributed by atoms with Crippen LogP contribution in [0.3, 0.4) is 0 Å². The van der Waals surface area contributed by atoms with Gasteiger partial charge in [-0.05, 0) is 19.8 Å². The van der Waals surface area contributed by atoms with Gasteiger partial charge in [0.15, 0.2) is 0 Å². The molecule has 0 spiro atoms. The molecule has 0 saturated heterocycles. The second kappa shape index (κ2) is 3.27. The highest BCUT2D eigenvalue weighted by atomic mass is 35.5. The molecule has 1 aliphatic rings. The fourth-order valence-electron chi connectivity index (χ4n) is 1.18. The van der Waals surface area contributed by atoms with Gasteiger partial charge in [-0.3, -0.25) is 0 Å². The molecule has 2 N–H and O–H groups in total. The second-order valence-corrected chi connectivity index (χ2v) is 3.03. The third-order valence-corrected chi connectivity index (χ3v) is 1.93. The molecular weight excluding hydrogens is 174 g/mol. The van der Waals surface area contributed by atoms with Crippen molar-refractivity contribution in [2.24, 2.45) is 0 Å². The molecular formula is C8H12ClN3. The van der Waals surface area contributed by atoms with E-state index in [0.717, 1.165) is 17.2 Å². The number of aryl methyl sites for hydroxylation is 1. The van der Waals surface area contributed by atoms with E-state index in [-0.39, 0.29) is 12.4 Å². The first-order chi connectivity index (χ1) is 5.27. The van der Waals surface area contributed by atoms with Crippen LogP contribution in [0.15, 0.2) is 6.20 Å². The van der Waals surface area contributed by atoms with E-state index >= 15 is 0 Å². The Balaban J connectivity index is 0.000000720. The molecule has 0 aromatic carbocycles. The van der Waals surface area contributed by atoms with Crippen molar-refractivity contribution in [3.8, 4) is 0 Å². The van der Waals surface area contributed by atoms with E-state index in [2.05, 4.69) is 9.97 Å². The number of rotatable bonds is 1. The van der Waals surface area contributed by atoms with Crippen molar-refractivity contribution in [2.75, 3.05) is 5.73 Å². The smallest absolute Gasteiger partial charge is 0.125 e. The van der Waals surface area contributed by atoms with Gasteiger partial charge in [0, 0.05) is 5.92 Å². The third kappa shape index (κ3) is 1.67. The van der Waals surface area contributed by atoms with Crippen LogP contribution >= 0.6 is 12.4 Å². The van der Waals surface area contributed by atoms with Crippen molar-refractivity contribution in [1.29, 1.82) is 0 Å². The molecule has 1 fully saturated rings.